The van der Waals surface area contributed by atoms with Gasteiger partial charge in [0, 0.05) is 32.0 Å². The van der Waals surface area contributed by atoms with Gasteiger partial charge >= 0.3 is 0 Å². The first-order valence-corrected chi connectivity index (χ1v) is 10.6. The molecule has 0 aromatic heterocycles. The standard InChI is InChI=1S/C26H18O3S/c27-25(19-7-3-1-4-8-19)21-11-15-23(16-12-21)30(29)24-17-13-22(14-18-24)26(28)20-9-5-2-6-10-20/h1-18H. The zero-order valence-electron chi connectivity index (χ0n) is 16.0. The first-order chi connectivity index (χ1) is 14.6. The molecule has 3 nitrogen and oxygen atoms in total. The number of hydrogen-bond acceptors (Lipinski definition) is 3. The molecule has 4 rings (SSSR count). The first-order valence-electron chi connectivity index (χ1n) is 9.45. The Morgan fingerprint density at radius 2 is 0.733 bits per heavy atom. The lowest BCUT2D eigenvalue weighted by Gasteiger charge is -2.06. The summed E-state index contributed by atoms with van der Waals surface area (Å²) in [4.78, 5) is 26.2. The molecular weight excluding hydrogens is 392 g/mol. The molecule has 4 aromatic rings. The summed E-state index contributed by atoms with van der Waals surface area (Å²) >= 11 is 0. The van der Waals surface area contributed by atoms with Gasteiger partial charge in [-0.3, -0.25) is 9.59 Å². The molecule has 0 atom stereocenters. The van der Waals surface area contributed by atoms with Crippen LogP contribution in [0.15, 0.2) is 119 Å². The molecular formula is C26H18O3S. The van der Waals surface area contributed by atoms with Gasteiger partial charge in [0.2, 0.25) is 0 Å². The van der Waals surface area contributed by atoms with Crippen LogP contribution in [0.3, 0.4) is 0 Å². The molecule has 4 heteroatoms. The molecule has 0 saturated carbocycles. The highest BCUT2D eigenvalue weighted by Gasteiger charge is 2.13. The molecule has 0 bridgehead atoms. The van der Waals surface area contributed by atoms with E-state index in [1.807, 2.05) is 36.4 Å². The van der Waals surface area contributed by atoms with Crippen LogP contribution in [-0.2, 0) is 10.8 Å². The summed E-state index contributed by atoms with van der Waals surface area (Å²) in [6.45, 7) is 0. The van der Waals surface area contributed by atoms with Gasteiger partial charge in [-0.05, 0) is 48.5 Å². The van der Waals surface area contributed by atoms with E-state index >= 15 is 0 Å². The largest absolute Gasteiger partial charge is 0.289 e. The van der Waals surface area contributed by atoms with Gasteiger partial charge in [-0.2, -0.15) is 0 Å². The number of benzene rings is 4. The zero-order chi connectivity index (χ0) is 20.9. The molecule has 0 saturated heterocycles. The summed E-state index contributed by atoms with van der Waals surface area (Å²) in [5.41, 5.74) is 2.33. The van der Waals surface area contributed by atoms with Crippen LogP contribution in [0.4, 0.5) is 0 Å². The number of carbonyl (C=O) groups is 2. The minimum Gasteiger partial charge on any atom is -0.289 e. The van der Waals surface area contributed by atoms with Gasteiger partial charge in [-0.25, -0.2) is 4.21 Å². The predicted octanol–water partition coefficient (Wildman–Crippen LogP) is 5.32. The number of ketones is 2. The second kappa shape index (κ2) is 8.80. The molecule has 0 aliphatic rings. The van der Waals surface area contributed by atoms with E-state index in [4.69, 9.17) is 0 Å². The third-order valence-electron chi connectivity index (χ3n) is 4.73. The lowest BCUT2D eigenvalue weighted by atomic mass is 10.0. The van der Waals surface area contributed by atoms with Crippen molar-refractivity contribution < 1.29 is 13.8 Å². The molecule has 30 heavy (non-hydrogen) atoms. The average molecular weight is 410 g/mol. The molecule has 0 unspecified atom stereocenters. The summed E-state index contributed by atoms with van der Waals surface area (Å²) in [7, 11) is -1.40. The molecule has 0 amide bonds. The van der Waals surface area contributed by atoms with Crippen molar-refractivity contribution in [1.82, 2.24) is 0 Å². The molecule has 0 spiro atoms. The maximum atomic E-state index is 12.9. The van der Waals surface area contributed by atoms with Gasteiger partial charge in [-0.1, -0.05) is 60.7 Å². The van der Waals surface area contributed by atoms with Crippen LogP contribution < -0.4 is 0 Å². The van der Waals surface area contributed by atoms with Gasteiger partial charge in [0.25, 0.3) is 0 Å². The molecule has 0 N–H and O–H groups in total. The van der Waals surface area contributed by atoms with Crippen LogP contribution in [0.25, 0.3) is 0 Å². The van der Waals surface area contributed by atoms with Gasteiger partial charge in [0.15, 0.2) is 11.6 Å². The molecule has 146 valence electrons. The van der Waals surface area contributed by atoms with Crippen molar-refractivity contribution in [3.05, 3.63) is 131 Å². The van der Waals surface area contributed by atoms with Crippen molar-refractivity contribution in [3.8, 4) is 0 Å². The van der Waals surface area contributed by atoms with Crippen molar-refractivity contribution >= 4 is 22.4 Å². The quantitative estimate of drug-likeness (QED) is 0.405. The van der Waals surface area contributed by atoms with E-state index in [2.05, 4.69) is 0 Å². The predicted molar refractivity (Wildman–Crippen MR) is 117 cm³/mol. The minimum atomic E-state index is -1.40. The van der Waals surface area contributed by atoms with E-state index in [1.165, 1.54) is 0 Å². The van der Waals surface area contributed by atoms with E-state index in [0.29, 0.717) is 32.0 Å². The SMILES string of the molecule is O=C(c1ccccc1)c1ccc(S(=O)c2ccc(C(=O)c3ccccc3)cc2)cc1. The second-order valence-electron chi connectivity index (χ2n) is 6.71. The molecule has 0 fully saturated rings. The van der Waals surface area contributed by atoms with Gasteiger partial charge in [0.1, 0.15) is 0 Å². The van der Waals surface area contributed by atoms with Crippen molar-refractivity contribution in [2.45, 2.75) is 9.79 Å². The molecule has 0 heterocycles. The van der Waals surface area contributed by atoms with Gasteiger partial charge < -0.3 is 0 Å². The van der Waals surface area contributed by atoms with Gasteiger partial charge in [-0.15, -0.1) is 0 Å². The zero-order valence-corrected chi connectivity index (χ0v) is 16.8. The van der Waals surface area contributed by atoms with Crippen molar-refractivity contribution in [3.63, 3.8) is 0 Å². The van der Waals surface area contributed by atoms with E-state index in [0.717, 1.165) is 0 Å². The summed E-state index contributed by atoms with van der Waals surface area (Å²) in [5.74, 6) is -0.145. The monoisotopic (exact) mass is 410 g/mol. The Morgan fingerprint density at radius 3 is 1.07 bits per heavy atom. The summed E-state index contributed by atoms with van der Waals surface area (Å²) in [6, 6.07) is 31.7. The smallest absolute Gasteiger partial charge is 0.193 e. The van der Waals surface area contributed by atoms with Crippen LogP contribution in [0.1, 0.15) is 31.8 Å². The summed E-state index contributed by atoms with van der Waals surface area (Å²) in [6.07, 6.45) is 0. The van der Waals surface area contributed by atoms with Crippen molar-refractivity contribution in [2.75, 3.05) is 0 Å². The van der Waals surface area contributed by atoms with E-state index in [9.17, 15) is 13.8 Å². The maximum Gasteiger partial charge on any atom is 0.193 e. The lowest BCUT2D eigenvalue weighted by molar-refractivity contribution is 0.103. The second-order valence-corrected chi connectivity index (χ2v) is 8.19. The Kier molecular flexibility index (Phi) is 5.77. The molecule has 0 aliphatic heterocycles. The fraction of sp³-hybridized carbons (Fsp3) is 0. The van der Waals surface area contributed by atoms with Crippen molar-refractivity contribution in [1.29, 1.82) is 0 Å². The third kappa shape index (κ3) is 4.19. The lowest BCUT2D eigenvalue weighted by Crippen LogP contribution is -2.02. The highest BCUT2D eigenvalue weighted by molar-refractivity contribution is 7.85. The minimum absolute atomic E-state index is 0.0725. The van der Waals surface area contributed by atoms with Crippen molar-refractivity contribution in [2.24, 2.45) is 0 Å². The van der Waals surface area contributed by atoms with Crippen LogP contribution in [0.5, 0.6) is 0 Å². The summed E-state index contributed by atoms with van der Waals surface area (Å²) in [5, 5.41) is 0. The Labute approximate surface area is 177 Å². The van der Waals surface area contributed by atoms with Crippen LogP contribution in [0.2, 0.25) is 0 Å². The van der Waals surface area contributed by atoms with Crippen LogP contribution in [0, 0.1) is 0 Å². The molecule has 4 aromatic carbocycles. The maximum absolute atomic E-state index is 12.9. The van der Waals surface area contributed by atoms with Crippen LogP contribution >= 0.6 is 0 Å². The Balaban J connectivity index is 1.50. The number of rotatable bonds is 6. The highest BCUT2D eigenvalue weighted by Crippen LogP contribution is 2.20. The molecule has 0 radical (unpaired) electrons. The fourth-order valence-electron chi connectivity index (χ4n) is 3.11. The Hall–Kier alpha value is -3.63. The Morgan fingerprint density at radius 1 is 0.433 bits per heavy atom. The summed E-state index contributed by atoms with van der Waals surface area (Å²) < 4.78 is 12.9. The van der Waals surface area contributed by atoms with E-state index in [1.54, 1.807) is 72.8 Å². The fourth-order valence-corrected chi connectivity index (χ4v) is 4.15. The average Bonchev–Trinajstić information content (AvgIpc) is 2.84. The van der Waals surface area contributed by atoms with Gasteiger partial charge in [0.05, 0.1) is 10.8 Å². The third-order valence-corrected chi connectivity index (χ3v) is 6.13. The van der Waals surface area contributed by atoms with E-state index in [-0.39, 0.29) is 11.6 Å². The highest BCUT2D eigenvalue weighted by atomic mass is 32.2. The normalized spacial score (nSPS) is 10.7. The number of hydrogen-bond donors (Lipinski definition) is 0. The molecule has 0 aliphatic carbocycles. The topological polar surface area (TPSA) is 51.2 Å². The van der Waals surface area contributed by atoms with Crippen LogP contribution in [-0.4, -0.2) is 15.8 Å². The Bertz CT molecular complexity index is 1100. The van der Waals surface area contributed by atoms with E-state index < -0.39 is 10.8 Å². The number of carbonyl (C=O) groups excluding carboxylic acids is 2. The first kappa shape index (κ1) is 19.7.